The van der Waals surface area contributed by atoms with Gasteiger partial charge in [0.15, 0.2) is 0 Å². The van der Waals surface area contributed by atoms with Crippen LogP contribution in [0.25, 0.3) is 10.9 Å². The van der Waals surface area contributed by atoms with Gasteiger partial charge in [-0.15, -0.1) is 0 Å². The minimum atomic E-state index is -3.05. The smallest absolute Gasteiger partial charge is 0.409 e. The SMILES string of the molecule is O=C(O)Nc1cc(N2CCS(O)(O)c3cc(OCCCO)ccc3C2)nc2ccccc12. The highest BCUT2D eigenvalue weighted by Crippen LogP contribution is 2.52. The zero-order valence-corrected chi connectivity index (χ0v) is 18.1. The normalized spacial score (nSPS) is 16.2. The van der Waals surface area contributed by atoms with Gasteiger partial charge in [-0.1, -0.05) is 24.3 Å². The number of fused-ring (bicyclic) bond motifs is 2. The van der Waals surface area contributed by atoms with Crippen molar-refractivity contribution in [2.24, 2.45) is 0 Å². The molecule has 1 amide bonds. The predicted octanol–water partition coefficient (Wildman–Crippen LogP) is 4.22. The van der Waals surface area contributed by atoms with Crippen molar-refractivity contribution in [1.29, 1.82) is 0 Å². The van der Waals surface area contributed by atoms with Crippen LogP contribution in [0.1, 0.15) is 12.0 Å². The zero-order valence-electron chi connectivity index (χ0n) is 17.3. The lowest BCUT2D eigenvalue weighted by Gasteiger charge is -2.32. The molecule has 9 nitrogen and oxygen atoms in total. The molecule has 0 aliphatic carbocycles. The largest absolute Gasteiger partial charge is 0.493 e. The number of aliphatic hydroxyl groups excluding tert-OH is 1. The van der Waals surface area contributed by atoms with Gasteiger partial charge in [-0.05, 0) is 17.7 Å². The topological polar surface area (TPSA) is 135 Å². The number of carboxylic acid groups (broad SMARTS) is 1. The number of amides is 1. The molecule has 1 aliphatic rings. The van der Waals surface area contributed by atoms with E-state index in [4.69, 9.17) is 9.84 Å². The van der Waals surface area contributed by atoms with E-state index < -0.39 is 16.7 Å². The van der Waals surface area contributed by atoms with Crippen molar-refractivity contribution >= 4 is 39.1 Å². The van der Waals surface area contributed by atoms with Gasteiger partial charge in [-0.3, -0.25) is 14.4 Å². The fraction of sp³-hybridized carbons (Fsp3) is 0.273. The molecule has 0 saturated heterocycles. The second-order valence-corrected chi connectivity index (χ2v) is 9.64. The Morgan fingerprint density at radius 2 is 2.00 bits per heavy atom. The quantitative estimate of drug-likeness (QED) is 0.346. The Hall–Kier alpha value is -3.05. The standard InChI is InChI=1S/C22H25N3O6S/c26-9-3-10-31-16-7-6-15-14-25(8-11-32(29,30)20(15)12-16)21-13-19(24-22(27)28)17-4-1-2-5-18(17)23-21/h1-2,4-7,12-13,26,29-30H,3,8-11,14H2,(H,23,24)(H,27,28). The minimum absolute atomic E-state index is 0.0204. The number of aromatic nitrogens is 1. The van der Waals surface area contributed by atoms with E-state index >= 15 is 0 Å². The number of carbonyl (C=O) groups is 1. The molecule has 3 aromatic rings. The molecule has 0 saturated carbocycles. The molecule has 4 rings (SSSR count). The molecule has 2 aromatic carbocycles. The lowest BCUT2D eigenvalue weighted by molar-refractivity contribution is 0.210. The second kappa shape index (κ2) is 9.21. The minimum Gasteiger partial charge on any atom is -0.493 e. The summed E-state index contributed by atoms with van der Waals surface area (Å²) in [6.07, 6.45) is -0.682. The van der Waals surface area contributed by atoms with Gasteiger partial charge in [0, 0.05) is 43.6 Å². The molecule has 0 unspecified atom stereocenters. The van der Waals surface area contributed by atoms with E-state index in [2.05, 4.69) is 10.3 Å². The number of nitrogens with zero attached hydrogens (tertiary/aromatic N) is 2. The van der Waals surface area contributed by atoms with Gasteiger partial charge in [-0.2, -0.15) is 10.6 Å². The number of aliphatic hydroxyl groups is 1. The summed E-state index contributed by atoms with van der Waals surface area (Å²) in [6.45, 7) is 1.06. The first kappa shape index (κ1) is 22.2. The molecule has 32 heavy (non-hydrogen) atoms. The van der Waals surface area contributed by atoms with Gasteiger partial charge < -0.3 is 19.8 Å². The Morgan fingerprint density at radius 3 is 2.78 bits per heavy atom. The van der Waals surface area contributed by atoms with Gasteiger partial charge in [-0.25, -0.2) is 9.78 Å². The summed E-state index contributed by atoms with van der Waals surface area (Å²) in [5.41, 5.74) is 1.79. The highest BCUT2D eigenvalue weighted by Gasteiger charge is 2.27. The molecule has 0 fully saturated rings. The highest BCUT2D eigenvalue weighted by molar-refractivity contribution is 8.24. The molecule has 170 valence electrons. The van der Waals surface area contributed by atoms with Crippen molar-refractivity contribution in [3.63, 3.8) is 0 Å². The zero-order chi connectivity index (χ0) is 22.7. The van der Waals surface area contributed by atoms with E-state index in [1.165, 1.54) is 0 Å². The molecule has 0 radical (unpaired) electrons. The van der Waals surface area contributed by atoms with Crippen LogP contribution in [0.4, 0.5) is 16.3 Å². The van der Waals surface area contributed by atoms with Crippen molar-refractivity contribution in [3.8, 4) is 5.75 Å². The molecule has 0 bridgehead atoms. The summed E-state index contributed by atoms with van der Waals surface area (Å²) in [7, 11) is -3.05. The number of nitrogens with one attached hydrogen (secondary N) is 1. The highest BCUT2D eigenvalue weighted by atomic mass is 32.3. The average molecular weight is 460 g/mol. The maximum atomic E-state index is 11.3. The predicted molar refractivity (Wildman–Crippen MR) is 124 cm³/mol. The molecular weight excluding hydrogens is 434 g/mol. The van der Waals surface area contributed by atoms with Crippen LogP contribution in [0.15, 0.2) is 53.4 Å². The Morgan fingerprint density at radius 1 is 1.19 bits per heavy atom. The molecule has 0 atom stereocenters. The van der Waals surface area contributed by atoms with E-state index in [-0.39, 0.29) is 12.4 Å². The summed E-state index contributed by atoms with van der Waals surface area (Å²) >= 11 is 0. The summed E-state index contributed by atoms with van der Waals surface area (Å²) in [5.74, 6) is 1.16. The Balaban J connectivity index is 1.69. The van der Waals surface area contributed by atoms with E-state index in [9.17, 15) is 19.0 Å². The number of pyridine rings is 1. The van der Waals surface area contributed by atoms with Crippen LogP contribution in [-0.2, 0) is 6.54 Å². The third kappa shape index (κ3) is 4.73. The molecule has 5 N–H and O–H groups in total. The average Bonchev–Trinajstić information content (AvgIpc) is 2.89. The van der Waals surface area contributed by atoms with E-state index in [1.54, 1.807) is 36.4 Å². The maximum Gasteiger partial charge on any atom is 0.409 e. The van der Waals surface area contributed by atoms with Crippen molar-refractivity contribution in [3.05, 3.63) is 54.1 Å². The van der Waals surface area contributed by atoms with E-state index in [0.717, 1.165) is 5.56 Å². The Bertz CT molecular complexity index is 1140. The second-order valence-electron chi connectivity index (χ2n) is 7.46. The van der Waals surface area contributed by atoms with E-state index in [0.29, 0.717) is 59.2 Å². The van der Waals surface area contributed by atoms with Crippen LogP contribution in [0.2, 0.25) is 0 Å². The van der Waals surface area contributed by atoms with Gasteiger partial charge in [0.25, 0.3) is 0 Å². The van der Waals surface area contributed by atoms with Crippen LogP contribution in [0, 0.1) is 0 Å². The maximum absolute atomic E-state index is 11.3. The fourth-order valence-corrected chi connectivity index (χ4v) is 5.24. The van der Waals surface area contributed by atoms with Crippen LogP contribution in [-0.4, -0.2) is 55.9 Å². The number of ether oxygens (including phenoxy) is 1. The lowest BCUT2D eigenvalue weighted by Crippen LogP contribution is -2.26. The lowest BCUT2D eigenvalue weighted by atomic mass is 10.1. The number of hydrogen-bond donors (Lipinski definition) is 5. The molecular formula is C22H25N3O6S. The first-order chi connectivity index (χ1) is 15.4. The van der Waals surface area contributed by atoms with Gasteiger partial charge >= 0.3 is 6.09 Å². The van der Waals surface area contributed by atoms with Gasteiger partial charge in [0.1, 0.15) is 11.6 Å². The van der Waals surface area contributed by atoms with Crippen LogP contribution < -0.4 is 15.0 Å². The van der Waals surface area contributed by atoms with Gasteiger partial charge in [0.05, 0.1) is 28.5 Å². The number of hydrogen-bond acceptors (Lipinski definition) is 7. The van der Waals surface area contributed by atoms with Crippen molar-refractivity contribution in [2.75, 3.05) is 35.7 Å². The van der Waals surface area contributed by atoms with Crippen molar-refractivity contribution in [1.82, 2.24) is 4.98 Å². The first-order valence-electron chi connectivity index (χ1n) is 10.1. The van der Waals surface area contributed by atoms with Crippen LogP contribution >= 0.6 is 10.6 Å². The Kier molecular flexibility index (Phi) is 6.38. The molecule has 1 aromatic heterocycles. The van der Waals surface area contributed by atoms with E-state index in [1.807, 2.05) is 17.0 Å². The molecule has 10 heteroatoms. The van der Waals surface area contributed by atoms with Crippen molar-refractivity contribution < 1.29 is 28.8 Å². The number of para-hydroxylation sites is 1. The number of rotatable bonds is 6. The van der Waals surface area contributed by atoms with Crippen molar-refractivity contribution in [2.45, 2.75) is 17.9 Å². The van der Waals surface area contributed by atoms with Crippen LogP contribution in [0.3, 0.4) is 0 Å². The molecule has 2 heterocycles. The van der Waals surface area contributed by atoms with Crippen LogP contribution in [0.5, 0.6) is 5.75 Å². The summed E-state index contributed by atoms with van der Waals surface area (Å²) in [5, 5.41) is 21.3. The van der Waals surface area contributed by atoms with Gasteiger partial charge in [0.2, 0.25) is 0 Å². The number of benzene rings is 2. The summed E-state index contributed by atoms with van der Waals surface area (Å²) in [4.78, 5) is 18.3. The Labute approximate surface area is 186 Å². The summed E-state index contributed by atoms with van der Waals surface area (Å²) < 4.78 is 27.2. The first-order valence-corrected chi connectivity index (χ1v) is 11.9. The third-order valence-electron chi connectivity index (χ3n) is 5.24. The summed E-state index contributed by atoms with van der Waals surface area (Å²) in [6, 6.07) is 14.1. The fourth-order valence-electron chi connectivity index (χ4n) is 3.68. The molecule has 1 aliphatic heterocycles. The molecule has 0 spiro atoms. The third-order valence-corrected chi connectivity index (χ3v) is 7.07. The number of anilines is 2. The monoisotopic (exact) mass is 459 g/mol.